The van der Waals surface area contributed by atoms with Gasteiger partial charge in [0.15, 0.2) is 0 Å². The molecule has 0 fully saturated rings. The molecule has 7 heavy (non-hydrogen) atoms. The van der Waals surface area contributed by atoms with Crippen LogP contribution in [-0.4, -0.2) is 0 Å². The van der Waals surface area contributed by atoms with E-state index in [1.807, 2.05) is 0 Å². The van der Waals surface area contributed by atoms with E-state index in [-0.39, 0.29) is 0 Å². The minimum atomic E-state index is 1.41. The van der Waals surface area contributed by atoms with Crippen LogP contribution in [0, 0.1) is 0 Å². The first-order chi connectivity index (χ1) is 3.45. The van der Waals surface area contributed by atoms with E-state index in [9.17, 15) is 0 Å². The summed E-state index contributed by atoms with van der Waals surface area (Å²) in [5.74, 6) is 0. The second kappa shape index (κ2) is 1.11. The monoisotopic (exact) mass is 134 g/mol. The molecule has 0 unspecified atom stereocenters. The third-order valence-electron chi connectivity index (χ3n) is 0.945. The van der Waals surface area contributed by atoms with E-state index < -0.39 is 0 Å². The van der Waals surface area contributed by atoms with Gasteiger partial charge in [0, 0.05) is 0 Å². The van der Waals surface area contributed by atoms with Gasteiger partial charge in [-0.05, 0) is 0 Å². The first-order valence-electron chi connectivity index (χ1n) is 2.14. The molecule has 0 amide bonds. The van der Waals surface area contributed by atoms with Gasteiger partial charge in [0.05, 0.1) is 0 Å². The van der Waals surface area contributed by atoms with E-state index in [4.69, 9.17) is 0 Å². The maximum absolute atomic E-state index is 2.15. The summed E-state index contributed by atoms with van der Waals surface area (Å²) < 4.78 is 2.81. The summed E-state index contributed by atoms with van der Waals surface area (Å²) in [6, 6.07) is 0. The summed E-state index contributed by atoms with van der Waals surface area (Å²) in [6.07, 6.45) is 8.59. The van der Waals surface area contributed by atoms with E-state index in [1.54, 1.807) is 14.4 Å². The SMILES string of the molecule is C1=C[C]2=CC=[C]1[Ni]2. The van der Waals surface area contributed by atoms with Gasteiger partial charge in [-0.1, -0.05) is 0 Å². The molecule has 0 radical (unpaired) electrons. The molecule has 0 aromatic carbocycles. The molecule has 2 aliphatic rings. The van der Waals surface area contributed by atoms with Crippen LogP contribution >= 0.6 is 0 Å². The Hall–Kier alpha value is -0.286. The van der Waals surface area contributed by atoms with Crippen LogP contribution in [0.3, 0.4) is 0 Å². The van der Waals surface area contributed by atoms with Crippen molar-refractivity contribution in [1.82, 2.24) is 0 Å². The van der Waals surface area contributed by atoms with Crippen molar-refractivity contribution in [3.8, 4) is 0 Å². The Balaban J connectivity index is 2.65. The molecule has 2 aliphatic heterocycles. The zero-order valence-corrected chi connectivity index (χ0v) is 4.61. The molecule has 0 aliphatic carbocycles. The van der Waals surface area contributed by atoms with Crippen LogP contribution in [0.4, 0.5) is 0 Å². The van der Waals surface area contributed by atoms with Crippen LogP contribution in [0.25, 0.3) is 0 Å². The molecule has 0 N–H and O–H groups in total. The molecule has 2 heterocycles. The molecule has 0 saturated heterocycles. The molecule has 0 atom stereocenters. The van der Waals surface area contributed by atoms with Crippen molar-refractivity contribution in [3.63, 3.8) is 0 Å². The Labute approximate surface area is 48.4 Å². The molecule has 0 saturated carbocycles. The summed E-state index contributed by atoms with van der Waals surface area (Å²) in [4.78, 5) is 0. The Morgan fingerprint density at radius 2 is 1.57 bits per heavy atom. The van der Waals surface area contributed by atoms with E-state index in [2.05, 4.69) is 24.3 Å². The van der Waals surface area contributed by atoms with Crippen LogP contribution < -0.4 is 0 Å². The fourth-order valence-corrected chi connectivity index (χ4v) is 1.61. The Bertz CT molecular complexity index is 164. The van der Waals surface area contributed by atoms with Gasteiger partial charge in [0.2, 0.25) is 0 Å². The van der Waals surface area contributed by atoms with Crippen molar-refractivity contribution < 1.29 is 14.4 Å². The van der Waals surface area contributed by atoms with Crippen molar-refractivity contribution in [1.29, 1.82) is 0 Å². The predicted molar refractivity (Wildman–Crippen MR) is 25.3 cm³/mol. The van der Waals surface area contributed by atoms with Gasteiger partial charge in [0.1, 0.15) is 0 Å². The van der Waals surface area contributed by atoms with Gasteiger partial charge < -0.3 is 0 Å². The van der Waals surface area contributed by atoms with Crippen LogP contribution in [-0.2, 0) is 14.4 Å². The summed E-state index contributed by atoms with van der Waals surface area (Å²) in [6.45, 7) is 0. The van der Waals surface area contributed by atoms with Crippen LogP contribution in [0.2, 0.25) is 0 Å². The molecule has 0 aromatic heterocycles. The minimum absolute atomic E-state index is 1.41. The second-order valence-corrected chi connectivity index (χ2v) is 2.83. The molecule has 0 aromatic rings. The third kappa shape index (κ3) is 0.419. The fraction of sp³-hybridized carbons (Fsp3) is 0. The molecule has 0 spiro atoms. The van der Waals surface area contributed by atoms with Gasteiger partial charge in [-0.3, -0.25) is 0 Å². The summed E-state index contributed by atoms with van der Waals surface area (Å²) in [7, 11) is 0. The summed E-state index contributed by atoms with van der Waals surface area (Å²) in [5, 5.41) is 0. The Kier molecular flexibility index (Phi) is 0.582. The van der Waals surface area contributed by atoms with Crippen molar-refractivity contribution in [2.24, 2.45) is 0 Å². The topological polar surface area (TPSA) is 0 Å². The van der Waals surface area contributed by atoms with Gasteiger partial charge in [-0.2, -0.15) is 0 Å². The number of hydrogen-bond acceptors (Lipinski definition) is 0. The van der Waals surface area contributed by atoms with Crippen molar-refractivity contribution in [2.75, 3.05) is 0 Å². The maximum atomic E-state index is 2.15. The number of fused-ring (bicyclic) bond motifs is 2. The van der Waals surface area contributed by atoms with Gasteiger partial charge in [-0.25, -0.2) is 0 Å². The Morgan fingerprint density at radius 3 is 1.71 bits per heavy atom. The Morgan fingerprint density at radius 1 is 1.00 bits per heavy atom. The number of allylic oxidation sites excluding steroid dienone is 6. The first kappa shape index (κ1) is 3.68. The quantitative estimate of drug-likeness (QED) is 0.440. The van der Waals surface area contributed by atoms with Crippen LogP contribution in [0.15, 0.2) is 33.4 Å². The molecule has 1 heteroatoms. The van der Waals surface area contributed by atoms with Crippen molar-refractivity contribution in [2.45, 2.75) is 0 Å². The molecular weight excluding hydrogens is 131 g/mol. The predicted octanol–water partition coefficient (Wildman–Crippen LogP) is 1.42. The van der Waals surface area contributed by atoms with E-state index in [0.717, 1.165) is 0 Å². The van der Waals surface area contributed by atoms with Gasteiger partial charge in [0.25, 0.3) is 0 Å². The fourth-order valence-electron chi connectivity index (χ4n) is 0.620. The van der Waals surface area contributed by atoms with E-state index >= 15 is 0 Å². The third-order valence-corrected chi connectivity index (χ3v) is 2.17. The molecule has 2 rings (SSSR count). The summed E-state index contributed by atoms with van der Waals surface area (Å²) >= 11 is 1.68. The zero-order valence-electron chi connectivity index (χ0n) is 3.63. The van der Waals surface area contributed by atoms with Crippen molar-refractivity contribution >= 4 is 0 Å². The average molecular weight is 135 g/mol. The van der Waals surface area contributed by atoms with E-state index in [0.29, 0.717) is 0 Å². The normalized spacial score (nSPS) is 24.0. The van der Waals surface area contributed by atoms with Crippen molar-refractivity contribution in [3.05, 3.63) is 33.4 Å². The first-order valence-corrected chi connectivity index (χ1v) is 3.13. The molecule has 38 valence electrons. The van der Waals surface area contributed by atoms with E-state index in [1.165, 1.54) is 9.09 Å². The number of rotatable bonds is 0. The van der Waals surface area contributed by atoms with Crippen LogP contribution in [0.5, 0.6) is 0 Å². The second-order valence-electron chi connectivity index (χ2n) is 1.44. The van der Waals surface area contributed by atoms with Gasteiger partial charge >= 0.3 is 47.8 Å². The molecular formula is C6H4Ni. The van der Waals surface area contributed by atoms with Crippen LogP contribution in [0.1, 0.15) is 0 Å². The zero-order chi connectivity index (χ0) is 4.69. The molecule has 2 bridgehead atoms. The standard InChI is InChI=1S/C6H4.Ni/c1-2-4-6-5-3-1;/h1-2,5-6H;. The summed E-state index contributed by atoms with van der Waals surface area (Å²) in [5.41, 5.74) is 0. The number of hydrogen-bond donors (Lipinski definition) is 0. The molecule has 0 nitrogen and oxygen atoms in total. The van der Waals surface area contributed by atoms with Gasteiger partial charge in [-0.15, -0.1) is 0 Å². The average Bonchev–Trinajstić information content (AvgIpc) is 2.22.